The molecular formula is C20H30O. The maximum Gasteiger partial charge on any atom is 0.139 e. The number of fused-ring (bicyclic) bond motifs is 5. The molecule has 116 valence electrons. The van der Waals surface area contributed by atoms with Crippen molar-refractivity contribution >= 4 is 5.78 Å². The molecule has 21 heavy (non-hydrogen) atoms. The summed E-state index contributed by atoms with van der Waals surface area (Å²) >= 11 is 0. The Labute approximate surface area is 129 Å². The van der Waals surface area contributed by atoms with Crippen LogP contribution >= 0.6 is 0 Å². The van der Waals surface area contributed by atoms with E-state index in [2.05, 4.69) is 20.4 Å². The Kier molecular flexibility index (Phi) is 2.98. The van der Waals surface area contributed by atoms with E-state index in [0.29, 0.717) is 23.0 Å². The molecule has 6 atom stereocenters. The van der Waals surface area contributed by atoms with E-state index < -0.39 is 0 Å². The largest absolute Gasteiger partial charge is 0.299 e. The lowest BCUT2D eigenvalue weighted by molar-refractivity contribution is -0.134. The van der Waals surface area contributed by atoms with Crippen molar-refractivity contribution in [1.29, 1.82) is 0 Å². The van der Waals surface area contributed by atoms with Crippen LogP contribution in [-0.4, -0.2) is 5.78 Å². The topological polar surface area (TPSA) is 17.1 Å². The highest BCUT2D eigenvalue weighted by atomic mass is 16.1. The number of rotatable bonds is 0. The lowest BCUT2D eigenvalue weighted by Gasteiger charge is -2.60. The second-order valence-corrected chi connectivity index (χ2v) is 8.97. The molecule has 0 aliphatic heterocycles. The summed E-state index contributed by atoms with van der Waals surface area (Å²) in [6.45, 7) is 9.38. The molecule has 0 unspecified atom stereocenters. The van der Waals surface area contributed by atoms with Crippen LogP contribution in [0, 0.1) is 34.5 Å². The highest BCUT2D eigenvalue weighted by Crippen LogP contribution is 2.66. The van der Waals surface area contributed by atoms with Gasteiger partial charge in [-0.25, -0.2) is 0 Å². The maximum atomic E-state index is 12.4. The lowest BCUT2D eigenvalue weighted by atomic mass is 9.44. The standard InChI is InChI=1S/C20H30O/c1-13-12-14-6-4-5-10-19(14,2)16-9-11-20(3)15(18(13)16)7-8-17(20)21/h14-16,18H,1,4-12H2,2-3H3/t14-,15+,16+,18+,19+,20+/m1/s1. The number of hydrogen-bond donors (Lipinski definition) is 0. The van der Waals surface area contributed by atoms with Gasteiger partial charge in [-0.1, -0.05) is 38.8 Å². The number of allylic oxidation sites excluding steroid dienone is 1. The van der Waals surface area contributed by atoms with Crippen molar-refractivity contribution in [3.63, 3.8) is 0 Å². The number of hydrogen-bond acceptors (Lipinski definition) is 1. The number of carbonyl (C=O) groups excluding carboxylic acids is 1. The Balaban J connectivity index is 1.72. The van der Waals surface area contributed by atoms with Gasteiger partial charge in [0.1, 0.15) is 5.78 Å². The van der Waals surface area contributed by atoms with Crippen LogP contribution in [-0.2, 0) is 4.79 Å². The molecule has 4 aliphatic rings. The minimum absolute atomic E-state index is 0.0119. The zero-order valence-electron chi connectivity index (χ0n) is 13.8. The lowest BCUT2D eigenvalue weighted by Crippen LogP contribution is -2.53. The smallest absolute Gasteiger partial charge is 0.139 e. The first-order chi connectivity index (χ1) is 9.97. The quantitative estimate of drug-likeness (QED) is 0.562. The highest BCUT2D eigenvalue weighted by Gasteiger charge is 2.60. The zero-order valence-corrected chi connectivity index (χ0v) is 13.8. The van der Waals surface area contributed by atoms with E-state index in [0.717, 1.165) is 31.1 Å². The molecule has 1 nitrogen and oxygen atoms in total. The molecule has 0 bridgehead atoms. The second-order valence-electron chi connectivity index (χ2n) is 8.97. The summed E-state index contributed by atoms with van der Waals surface area (Å²) in [7, 11) is 0. The van der Waals surface area contributed by atoms with E-state index in [9.17, 15) is 4.79 Å². The Morgan fingerprint density at radius 1 is 1.05 bits per heavy atom. The molecule has 0 heterocycles. The fraction of sp³-hybridized carbons (Fsp3) is 0.850. The first-order valence-corrected chi connectivity index (χ1v) is 9.18. The number of carbonyl (C=O) groups is 1. The van der Waals surface area contributed by atoms with Crippen LogP contribution < -0.4 is 0 Å². The molecule has 0 amide bonds. The molecule has 0 N–H and O–H groups in total. The van der Waals surface area contributed by atoms with Crippen LogP contribution in [0.2, 0.25) is 0 Å². The van der Waals surface area contributed by atoms with Gasteiger partial charge in [-0.3, -0.25) is 4.79 Å². The van der Waals surface area contributed by atoms with Crippen LogP contribution in [0.4, 0.5) is 0 Å². The molecule has 4 fully saturated rings. The Morgan fingerprint density at radius 3 is 2.67 bits per heavy atom. The fourth-order valence-electron chi connectivity index (χ4n) is 6.93. The van der Waals surface area contributed by atoms with Crippen molar-refractivity contribution in [3.05, 3.63) is 12.2 Å². The van der Waals surface area contributed by atoms with Crippen LogP contribution in [0.5, 0.6) is 0 Å². The summed E-state index contributed by atoms with van der Waals surface area (Å²) in [6, 6.07) is 0. The van der Waals surface area contributed by atoms with Crippen LogP contribution in [0.15, 0.2) is 12.2 Å². The second kappa shape index (κ2) is 4.46. The molecule has 4 aliphatic carbocycles. The van der Waals surface area contributed by atoms with Gasteiger partial charge in [0, 0.05) is 11.8 Å². The highest BCUT2D eigenvalue weighted by molar-refractivity contribution is 5.87. The van der Waals surface area contributed by atoms with Crippen molar-refractivity contribution in [3.8, 4) is 0 Å². The average Bonchev–Trinajstić information content (AvgIpc) is 2.76. The third kappa shape index (κ3) is 1.72. The molecular weight excluding hydrogens is 256 g/mol. The summed E-state index contributed by atoms with van der Waals surface area (Å²) in [5, 5.41) is 0. The van der Waals surface area contributed by atoms with E-state index >= 15 is 0 Å². The van der Waals surface area contributed by atoms with Gasteiger partial charge in [0.15, 0.2) is 0 Å². The van der Waals surface area contributed by atoms with Crippen molar-refractivity contribution in [2.24, 2.45) is 34.5 Å². The van der Waals surface area contributed by atoms with Crippen molar-refractivity contribution in [1.82, 2.24) is 0 Å². The molecule has 0 radical (unpaired) electrons. The van der Waals surface area contributed by atoms with Gasteiger partial charge in [0.25, 0.3) is 0 Å². The minimum Gasteiger partial charge on any atom is -0.299 e. The summed E-state index contributed by atoms with van der Waals surface area (Å²) < 4.78 is 0. The maximum absolute atomic E-state index is 12.4. The van der Waals surface area contributed by atoms with Crippen LogP contribution in [0.1, 0.15) is 71.6 Å². The first-order valence-electron chi connectivity index (χ1n) is 9.18. The monoisotopic (exact) mass is 286 g/mol. The van der Waals surface area contributed by atoms with Crippen LogP contribution in [0.25, 0.3) is 0 Å². The molecule has 1 heteroatoms. The first kappa shape index (κ1) is 14.0. The molecule has 0 spiro atoms. The van der Waals surface area contributed by atoms with Gasteiger partial charge in [-0.2, -0.15) is 0 Å². The molecule has 4 saturated carbocycles. The number of Topliss-reactive ketones (excluding diaryl/α,β-unsaturated/α-hetero) is 1. The third-order valence-electron chi connectivity index (χ3n) is 8.26. The summed E-state index contributed by atoms with van der Waals surface area (Å²) in [5.74, 6) is 3.50. The summed E-state index contributed by atoms with van der Waals surface area (Å²) in [6.07, 6.45) is 11.3. The molecule has 0 aromatic carbocycles. The molecule has 4 rings (SSSR count). The van der Waals surface area contributed by atoms with Crippen LogP contribution in [0.3, 0.4) is 0 Å². The molecule has 0 saturated heterocycles. The van der Waals surface area contributed by atoms with Gasteiger partial charge >= 0.3 is 0 Å². The Bertz CT molecular complexity index is 492. The minimum atomic E-state index is -0.0119. The zero-order chi connectivity index (χ0) is 14.8. The van der Waals surface area contributed by atoms with E-state index in [1.54, 1.807) is 0 Å². The van der Waals surface area contributed by atoms with Crippen molar-refractivity contribution < 1.29 is 4.79 Å². The van der Waals surface area contributed by atoms with Gasteiger partial charge in [-0.05, 0) is 67.6 Å². The van der Waals surface area contributed by atoms with E-state index in [-0.39, 0.29) is 5.41 Å². The number of ketones is 1. The van der Waals surface area contributed by atoms with Gasteiger partial charge in [-0.15, -0.1) is 0 Å². The molecule has 0 aromatic heterocycles. The molecule has 0 aromatic rings. The SMILES string of the molecule is C=C1C[C@H]2CCCC[C@]2(C)[C@H]2CC[C@]3(C)C(=O)CC[C@H]3[C@H]12. The van der Waals surface area contributed by atoms with Crippen molar-refractivity contribution in [2.75, 3.05) is 0 Å². The van der Waals surface area contributed by atoms with E-state index in [1.807, 2.05) is 0 Å². The van der Waals surface area contributed by atoms with Gasteiger partial charge in [0.05, 0.1) is 0 Å². The van der Waals surface area contributed by atoms with E-state index in [4.69, 9.17) is 0 Å². The van der Waals surface area contributed by atoms with E-state index in [1.165, 1.54) is 44.1 Å². The normalized spacial score (nSPS) is 53.0. The summed E-state index contributed by atoms with van der Waals surface area (Å²) in [4.78, 5) is 12.4. The van der Waals surface area contributed by atoms with Gasteiger partial charge in [0.2, 0.25) is 0 Å². The average molecular weight is 286 g/mol. The van der Waals surface area contributed by atoms with Crippen molar-refractivity contribution in [2.45, 2.75) is 71.6 Å². The predicted molar refractivity (Wildman–Crippen MR) is 85.9 cm³/mol. The summed E-state index contributed by atoms with van der Waals surface area (Å²) in [5.41, 5.74) is 2.04. The van der Waals surface area contributed by atoms with Gasteiger partial charge < -0.3 is 0 Å². The third-order valence-corrected chi connectivity index (χ3v) is 8.26. The Hall–Kier alpha value is -0.590. The Morgan fingerprint density at radius 2 is 1.86 bits per heavy atom. The fourth-order valence-corrected chi connectivity index (χ4v) is 6.93. The predicted octanol–water partition coefficient (Wildman–Crippen LogP) is 5.15.